The van der Waals surface area contributed by atoms with Crippen LogP contribution in [0.25, 0.3) is 6.08 Å². The number of nitrogens with two attached hydrogens (primary N) is 1. The molecule has 134 valence electrons. The fourth-order valence-electron chi connectivity index (χ4n) is 2.22. The van der Waals surface area contributed by atoms with Gasteiger partial charge in [0, 0.05) is 6.07 Å². The molecule has 0 fully saturated rings. The van der Waals surface area contributed by atoms with Crippen LogP contribution in [0.3, 0.4) is 0 Å². The molecule has 0 bridgehead atoms. The van der Waals surface area contributed by atoms with Crippen LogP contribution in [0.4, 0.5) is 4.79 Å². The number of rotatable bonds is 8. The van der Waals surface area contributed by atoms with Crippen LogP contribution in [-0.2, 0) is 6.42 Å². The van der Waals surface area contributed by atoms with E-state index in [4.69, 9.17) is 14.9 Å². The number of hydroxylamine groups is 2. The van der Waals surface area contributed by atoms with Crippen molar-refractivity contribution in [3.05, 3.63) is 53.8 Å². The summed E-state index contributed by atoms with van der Waals surface area (Å²) in [4.78, 5) is 10.9. The molecular formula is C19H24N2O4. The Morgan fingerprint density at radius 2 is 2.04 bits per heavy atom. The van der Waals surface area contributed by atoms with Gasteiger partial charge in [-0.15, -0.1) is 0 Å². The Kier molecular flexibility index (Phi) is 6.65. The average molecular weight is 344 g/mol. The van der Waals surface area contributed by atoms with Gasteiger partial charge in [-0.05, 0) is 49.6 Å². The maximum absolute atomic E-state index is 10.9. The number of hydrogen-bond donors (Lipinski definition) is 2. The van der Waals surface area contributed by atoms with Gasteiger partial charge in [-0.1, -0.05) is 31.6 Å². The Balaban J connectivity index is 1.93. The number of benzene rings is 1. The van der Waals surface area contributed by atoms with Crippen molar-refractivity contribution in [1.82, 2.24) is 5.06 Å². The molecule has 0 aliphatic heterocycles. The third-order valence-corrected chi connectivity index (χ3v) is 3.71. The number of hydrogen-bond acceptors (Lipinski definition) is 4. The maximum atomic E-state index is 10.9. The first kappa shape index (κ1) is 18.6. The number of unbranched alkanes of at least 4 members (excludes halogenated alkanes) is 1. The first-order valence-corrected chi connectivity index (χ1v) is 8.32. The number of carbonyl (C=O) groups excluding carboxylic acids is 1. The third-order valence-electron chi connectivity index (χ3n) is 3.71. The standard InChI is InChI=1S/C19H24N2O4/c1-3-4-5-15-7-10-17(11-8-15)25-18-13-12-16(24-18)9-6-14(2)21(23)19(20)22/h6-14,23H,3-5H2,1-2H3,(H2,20,22). The Morgan fingerprint density at radius 3 is 2.68 bits per heavy atom. The topological polar surface area (TPSA) is 88.9 Å². The number of primary amides is 1. The van der Waals surface area contributed by atoms with E-state index in [2.05, 4.69) is 19.1 Å². The quantitative estimate of drug-likeness (QED) is 0.541. The molecule has 1 unspecified atom stereocenters. The number of carbonyl (C=O) groups is 1. The Hall–Kier alpha value is -2.73. The normalized spacial score (nSPS) is 12.3. The summed E-state index contributed by atoms with van der Waals surface area (Å²) in [6.45, 7) is 3.80. The highest BCUT2D eigenvalue weighted by molar-refractivity contribution is 5.71. The lowest BCUT2D eigenvalue weighted by molar-refractivity contribution is -0.0560. The Bertz CT molecular complexity index is 706. The summed E-state index contributed by atoms with van der Waals surface area (Å²) < 4.78 is 11.2. The molecule has 3 N–H and O–H groups in total. The van der Waals surface area contributed by atoms with Gasteiger partial charge in [-0.2, -0.15) is 5.06 Å². The van der Waals surface area contributed by atoms with Crippen LogP contribution in [0.2, 0.25) is 0 Å². The van der Waals surface area contributed by atoms with Gasteiger partial charge in [-0.25, -0.2) is 4.79 Å². The van der Waals surface area contributed by atoms with Crippen molar-refractivity contribution in [2.75, 3.05) is 0 Å². The summed E-state index contributed by atoms with van der Waals surface area (Å²) in [7, 11) is 0. The van der Waals surface area contributed by atoms with Crippen molar-refractivity contribution in [3.8, 4) is 11.7 Å². The number of amides is 2. The van der Waals surface area contributed by atoms with Crippen LogP contribution in [0.5, 0.6) is 11.7 Å². The first-order valence-electron chi connectivity index (χ1n) is 8.32. The Labute approximate surface area is 147 Å². The molecule has 1 atom stereocenters. The summed E-state index contributed by atoms with van der Waals surface area (Å²) >= 11 is 0. The van der Waals surface area contributed by atoms with Crippen LogP contribution in [0, 0.1) is 0 Å². The van der Waals surface area contributed by atoms with Crippen molar-refractivity contribution in [2.45, 2.75) is 39.2 Å². The highest BCUT2D eigenvalue weighted by Gasteiger charge is 2.12. The molecule has 1 heterocycles. The molecule has 0 aliphatic carbocycles. The van der Waals surface area contributed by atoms with E-state index in [0.29, 0.717) is 22.5 Å². The fraction of sp³-hybridized carbons (Fsp3) is 0.316. The van der Waals surface area contributed by atoms with Crippen molar-refractivity contribution in [2.24, 2.45) is 5.73 Å². The third kappa shape index (κ3) is 5.69. The number of ether oxygens (including phenoxy) is 1. The SMILES string of the molecule is CCCCc1ccc(Oc2ccc(C=CC(C)N(O)C(N)=O)o2)cc1. The fourth-order valence-corrected chi connectivity index (χ4v) is 2.22. The molecule has 1 aromatic carbocycles. The maximum Gasteiger partial charge on any atom is 0.339 e. The summed E-state index contributed by atoms with van der Waals surface area (Å²) in [5.74, 6) is 1.61. The molecular weight excluding hydrogens is 320 g/mol. The molecule has 0 spiro atoms. The molecule has 1 aromatic heterocycles. The van der Waals surface area contributed by atoms with Crippen molar-refractivity contribution in [3.63, 3.8) is 0 Å². The minimum atomic E-state index is -0.914. The molecule has 0 saturated heterocycles. The highest BCUT2D eigenvalue weighted by Crippen LogP contribution is 2.25. The summed E-state index contributed by atoms with van der Waals surface area (Å²) in [6, 6.07) is 9.90. The zero-order valence-corrected chi connectivity index (χ0v) is 14.5. The van der Waals surface area contributed by atoms with Crippen LogP contribution < -0.4 is 10.5 Å². The highest BCUT2D eigenvalue weighted by atomic mass is 16.6. The van der Waals surface area contributed by atoms with Crippen LogP contribution in [0.15, 0.2) is 46.9 Å². The van der Waals surface area contributed by atoms with E-state index in [1.165, 1.54) is 18.4 Å². The second-order valence-electron chi connectivity index (χ2n) is 5.79. The second-order valence-corrected chi connectivity index (χ2v) is 5.79. The van der Waals surface area contributed by atoms with E-state index in [1.807, 2.05) is 12.1 Å². The van der Waals surface area contributed by atoms with E-state index in [0.717, 1.165) is 6.42 Å². The monoisotopic (exact) mass is 344 g/mol. The smallest absolute Gasteiger partial charge is 0.339 e. The lowest BCUT2D eigenvalue weighted by Gasteiger charge is -2.16. The predicted molar refractivity (Wildman–Crippen MR) is 95.5 cm³/mol. The van der Waals surface area contributed by atoms with E-state index in [9.17, 15) is 10.0 Å². The van der Waals surface area contributed by atoms with Crippen molar-refractivity contribution in [1.29, 1.82) is 0 Å². The van der Waals surface area contributed by atoms with Gasteiger partial charge in [0.15, 0.2) is 0 Å². The van der Waals surface area contributed by atoms with Crippen LogP contribution >= 0.6 is 0 Å². The van der Waals surface area contributed by atoms with E-state index < -0.39 is 12.1 Å². The number of nitrogens with zero attached hydrogens (tertiary/aromatic N) is 1. The molecule has 0 saturated carbocycles. The van der Waals surface area contributed by atoms with Gasteiger partial charge in [-0.3, -0.25) is 5.21 Å². The molecule has 2 aromatic rings. The molecule has 6 nitrogen and oxygen atoms in total. The molecule has 0 radical (unpaired) electrons. The molecule has 25 heavy (non-hydrogen) atoms. The number of aryl methyl sites for hydroxylation is 1. The van der Waals surface area contributed by atoms with Crippen LogP contribution in [-0.4, -0.2) is 22.3 Å². The van der Waals surface area contributed by atoms with E-state index in [1.54, 1.807) is 31.2 Å². The second kappa shape index (κ2) is 8.94. The summed E-state index contributed by atoms with van der Waals surface area (Å²) in [5.41, 5.74) is 6.28. The van der Waals surface area contributed by atoms with Gasteiger partial charge >= 0.3 is 6.03 Å². The summed E-state index contributed by atoms with van der Waals surface area (Å²) in [6.07, 6.45) is 6.64. The molecule has 6 heteroatoms. The average Bonchev–Trinajstić information content (AvgIpc) is 3.05. The van der Waals surface area contributed by atoms with Gasteiger partial charge in [0.2, 0.25) is 0 Å². The van der Waals surface area contributed by atoms with Gasteiger partial charge in [0.05, 0.1) is 6.04 Å². The van der Waals surface area contributed by atoms with E-state index in [-0.39, 0.29) is 0 Å². The zero-order valence-electron chi connectivity index (χ0n) is 14.5. The lowest BCUT2D eigenvalue weighted by Crippen LogP contribution is -2.38. The first-order chi connectivity index (χ1) is 12.0. The van der Waals surface area contributed by atoms with Crippen molar-refractivity contribution < 1.29 is 19.2 Å². The molecule has 0 aliphatic rings. The zero-order chi connectivity index (χ0) is 18.2. The van der Waals surface area contributed by atoms with Gasteiger partial charge in [0.1, 0.15) is 11.5 Å². The minimum absolute atomic E-state index is 0.365. The minimum Gasteiger partial charge on any atom is -0.426 e. The summed E-state index contributed by atoms with van der Waals surface area (Å²) in [5, 5.41) is 9.84. The molecule has 2 amide bonds. The van der Waals surface area contributed by atoms with Crippen molar-refractivity contribution >= 4 is 12.1 Å². The number of furan rings is 1. The number of urea groups is 1. The largest absolute Gasteiger partial charge is 0.426 e. The van der Waals surface area contributed by atoms with Crippen LogP contribution in [0.1, 0.15) is 38.0 Å². The van der Waals surface area contributed by atoms with Gasteiger partial charge in [0.25, 0.3) is 5.95 Å². The molecule has 2 rings (SSSR count). The van der Waals surface area contributed by atoms with E-state index >= 15 is 0 Å². The lowest BCUT2D eigenvalue weighted by atomic mass is 10.1. The van der Waals surface area contributed by atoms with Gasteiger partial charge < -0.3 is 14.9 Å². The Morgan fingerprint density at radius 1 is 1.32 bits per heavy atom. The predicted octanol–water partition coefficient (Wildman–Crippen LogP) is 4.59.